The first kappa shape index (κ1) is 29.7. The van der Waals surface area contributed by atoms with Gasteiger partial charge in [-0.15, -0.1) is 0 Å². The van der Waals surface area contributed by atoms with Gasteiger partial charge >= 0.3 is 6.09 Å². The van der Waals surface area contributed by atoms with Crippen LogP contribution in [-0.4, -0.2) is 21.7 Å². The highest BCUT2D eigenvalue weighted by atomic mass is 35.5. The number of amides is 1. The predicted octanol–water partition coefficient (Wildman–Crippen LogP) is 7.62. The second-order valence-electron chi connectivity index (χ2n) is 11.4. The van der Waals surface area contributed by atoms with Gasteiger partial charge in [0, 0.05) is 0 Å². The first-order chi connectivity index (χ1) is 17.4. The maximum atomic E-state index is 12.3. The third kappa shape index (κ3) is 7.58. The summed E-state index contributed by atoms with van der Waals surface area (Å²) in [5.74, 6) is 0. The SMILES string of the molecule is CCCC1(N)CCCc2ccc(Cl)nc21.CCCC1(NC(=O)OC(C)(C)C)CCCc2ccc(Cl)nc21. The number of rotatable bonds is 5. The minimum Gasteiger partial charge on any atom is -0.444 e. The zero-order chi connectivity index (χ0) is 27.3. The van der Waals surface area contributed by atoms with Gasteiger partial charge in [0.2, 0.25) is 0 Å². The van der Waals surface area contributed by atoms with Crippen LogP contribution >= 0.6 is 23.2 Å². The zero-order valence-electron chi connectivity index (χ0n) is 22.9. The molecule has 3 N–H and O–H groups in total. The number of carbonyl (C=O) groups excluding carboxylic acids is 1. The summed E-state index contributed by atoms with van der Waals surface area (Å²) in [5.41, 5.74) is 9.57. The van der Waals surface area contributed by atoms with Crippen LogP contribution in [0, 0.1) is 0 Å². The Morgan fingerprint density at radius 2 is 1.49 bits per heavy atom. The van der Waals surface area contributed by atoms with Crippen LogP contribution in [0.15, 0.2) is 24.3 Å². The molecule has 2 atom stereocenters. The monoisotopic (exact) mass is 548 g/mol. The number of alkyl carbamates (subject to hydrolysis) is 1. The van der Waals surface area contributed by atoms with Crippen molar-refractivity contribution in [1.82, 2.24) is 15.3 Å². The fourth-order valence-corrected chi connectivity index (χ4v) is 5.93. The molecule has 204 valence electrons. The summed E-state index contributed by atoms with van der Waals surface area (Å²) in [4.78, 5) is 21.3. The second-order valence-corrected chi connectivity index (χ2v) is 12.1. The van der Waals surface area contributed by atoms with Crippen LogP contribution in [0.5, 0.6) is 0 Å². The van der Waals surface area contributed by atoms with Crippen LogP contribution in [0.4, 0.5) is 4.79 Å². The van der Waals surface area contributed by atoms with Gasteiger partial charge in [-0.3, -0.25) is 0 Å². The molecule has 1 amide bonds. The Kier molecular flexibility index (Phi) is 9.87. The summed E-state index contributed by atoms with van der Waals surface area (Å²) in [6.07, 6.45) is 9.59. The number of hydrogen-bond donors (Lipinski definition) is 2. The molecule has 0 aromatic carbocycles. The lowest BCUT2D eigenvalue weighted by Crippen LogP contribution is -2.50. The quantitative estimate of drug-likeness (QED) is 0.375. The van der Waals surface area contributed by atoms with Gasteiger partial charge in [-0.2, -0.15) is 0 Å². The van der Waals surface area contributed by atoms with Crippen molar-refractivity contribution >= 4 is 29.3 Å². The highest BCUT2D eigenvalue weighted by Crippen LogP contribution is 2.39. The molecule has 8 heteroatoms. The normalized spacial score (nSPS) is 22.7. The van der Waals surface area contributed by atoms with Crippen molar-refractivity contribution < 1.29 is 9.53 Å². The number of fused-ring (bicyclic) bond motifs is 2. The summed E-state index contributed by atoms with van der Waals surface area (Å²) in [5, 5.41) is 4.11. The van der Waals surface area contributed by atoms with E-state index >= 15 is 0 Å². The molecule has 2 aliphatic rings. The number of pyridine rings is 2. The van der Waals surface area contributed by atoms with Gasteiger partial charge in [0.15, 0.2) is 0 Å². The molecule has 0 fully saturated rings. The summed E-state index contributed by atoms with van der Waals surface area (Å²) < 4.78 is 5.45. The maximum Gasteiger partial charge on any atom is 0.408 e. The van der Waals surface area contributed by atoms with Crippen LogP contribution < -0.4 is 11.1 Å². The molecule has 37 heavy (non-hydrogen) atoms. The Morgan fingerprint density at radius 1 is 0.946 bits per heavy atom. The van der Waals surface area contributed by atoms with Crippen LogP contribution in [0.1, 0.15) is 109 Å². The zero-order valence-corrected chi connectivity index (χ0v) is 24.4. The van der Waals surface area contributed by atoms with Gasteiger partial charge in [0.25, 0.3) is 0 Å². The largest absolute Gasteiger partial charge is 0.444 e. The molecule has 0 aliphatic heterocycles. The molecule has 0 radical (unpaired) electrons. The summed E-state index contributed by atoms with van der Waals surface area (Å²) in [6.45, 7) is 9.86. The Labute approximate surface area is 232 Å². The molecule has 2 aromatic heterocycles. The van der Waals surface area contributed by atoms with Crippen LogP contribution in [0.25, 0.3) is 0 Å². The van der Waals surface area contributed by atoms with E-state index in [4.69, 9.17) is 33.7 Å². The third-order valence-electron chi connectivity index (χ3n) is 7.05. The second kappa shape index (κ2) is 12.3. The number of ether oxygens (including phenoxy) is 1. The highest BCUT2D eigenvalue weighted by Gasteiger charge is 2.40. The Bertz CT molecular complexity index is 1090. The predicted molar refractivity (Wildman–Crippen MR) is 151 cm³/mol. The number of carbonyl (C=O) groups is 1. The van der Waals surface area contributed by atoms with E-state index in [0.29, 0.717) is 10.3 Å². The van der Waals surface area contributed by atoms with Crippen molar-refractivity contribution in [3.63, 3.8) is 0 Å². The molecule has 0 saturated carbocycles. The number of nitrogens with two attached hydrogens (primary N) is 1. The molecular weight excluding hydrogens is 507 g/mol. The number of hydrogen-bond acceptors (Lipinski definition) is 5. The van der Waals surface area contributed by atoms with E-state index < -0.39 is 17.2 Å². The maximum absolute atomic E-state index is 12.3. The van der Waals surface area contributed by atoms with E-state index in [0.717, 1.165) is 75.6 Å². The standard InChI is InChI=1S/C17H25ClN2O2.C12H17ClN2/c1-5-10-17(20-15(21)22-16(2,3)4)11-6-7-12-8-9-13(18)19-14(12)17;1-2-7-12(14)8-3-4-9-5-6-10(13)15-11(9)12/h8-9H,5-7,10-11H2,1-4H3,(H,20,21);5-6H,2-4,7-8,14H2,1H3. The first-order valence-corrected chi connectivity index (χ1v) is 14.3. The van der Waals surface area contributed by atoms with Crippen LogP contribution in [-0.2, 0) is 28.7 Å². The van der Waals surface area contributed by atoms with E-state index in [1.807, 2.05) is 39.0 Å². The van der Waals surface area contributed by atoms with Crippen molar-refractivity contribution in [2.45, 2.75) is 116 Å². The van der Waals surface area contributed by atoms with Crippen molar-refractivity contribution in [3.05, 3.63) is 57.1 Å². The van der Waals surface area contributed by atoms with Gasteiger partial charge in [-0.25, -0.2) is 14.8 Å². The molecule has 6 nitrogen and oxygen atoms in total. The molecule has 0 saturated heterocycles. The van der Waals surface area contributed by atoms with Crippen LogP contribution in [0.2, 0.25) is 10.3 Å². The fourth-order valence-electron chi connectivity index (χ4n) is 5.63. The van der Waals surface area contributed by atoms with Crippen molar-refractivity contribution in [3.8, 4) is 0 Å². The summed E-state index contributed by atoms with van der Waals surface area (Å²) in [7, 11) is 0. The summed E-state index contributed by atoms with van der Waals surface area (Å²) >= 11 is 12.0. The fraction of sp³-hybridized carbons (Fsp3) is 0.621. The van der Waals surface area contributed by atoms with E-state index in [1.165, 1.54) is 11.1 Å². The van der Waals surface area contributed by atoms with E-state index in [9.17, 15) is 4.79 Å². The molecule has 0 spiro atoms. The number of aromatic nitrogens is 2. The average molecular weight is 550 g/mol. The molecular formula is C29H42Cl2N4O2. The van der Waals surface area contributed by atoms with E-state index in [-0.39, 0.29) is 5.54 Å². The first-order valence-electron chi connectivity index (χ1n) is 13.5. The van der Waals surface area contributed by atoms with Gasteiger partial charge in [-0.05, 0) is 95.4 Å². The minimum atomic E-state index is -0.517. The average Bonchev–Trinajstić information content (AvgIpc) is 2.80. The smallest absolute Gasteiger partial charge is 0.408 e. The topological polar surface area (TPSA) is 90.1 Å². The van der Waals surface area contributed by atoms with Gasteiger partial charge in [-0.1, -0.05) is 62.0 Å². The molecule has 0 bridgehead atoms. The Balaban J connectivity index is 0.000000220. The van der Waals surface area contributed by atoms with Gasteiger partial charge in [0.05, 0.1) is 22.5 Å². The number of nitrogens with zero attached hydrogens (tertiary/aromatic N) is 2. The third-order valence-corrected chi connectivity index (χ3v) is 7.47. The number of aryl methyl sites for hydroxylation is 2. The Morgan fingerprint density at radius 3 is 2.05 bits per heavy atom. The molecule has 2 unspecified atom stereocenters. The minimum absolute atomic E-state index is 0.243. The number of nitrogens with one attached hydrogen (secondary N) is 1. The molecule has 4 rings (SSSR count). The number of halogens is 2. The lowest BCUT2D eigenvalue weighted by atomic mass is 9.77. The molecule has 2 aliphatic carbocycles. The van der Waals surface area contributed by atoms with Gasteiger partial charge in [0.1, 0.15) is 15.9 Å². The van der Waals surface area contributed by atoms with Crippen molar-refractivity contribution in [1.29, 1.82) is 0 Å². The van der Waals surface area contributed by atoms with E-state index in [1.54, 1.807) is 0 Å². The highest BCUT2D eigenvalue weighted by molar-refractivity contribution is 6.29. The van der Waals surface area contributed by atoms with Crippen molar-refractivity contribution in [2.24, 2.45) is 5.73 Å². The van der Waals surface area contributed by atoms with Crippen LogP contribution in [0.3, 0.4) is 0 Å². The molecule has 2 heterocycles. The summed E-state index contributed by atoms with van der Waals surface area (Å²) in [6, 6.07) is 7.76. The molecule has 2 aromatic rings. The van der Waals surface area contributed by atoms with Crippen molar-refractivity contribution in [2.75, 3.05) is 0 Å². The lowest BCUT2D eigenvalue weighted by molar-refractivity contribution is 0.0426. The van der Waals surface area contributed by atoms with E-state index in [2.05, 4.69) is 35.2 Å². The Hall–Kier alpha value is -1.89. The van der Waals surface area contributed by atoms with Gasteiger partial charge < -0.3 is 15.8 Å². The lowest BCUT2D eigenvalue weighted by Gasteiger charge is -2.39.